The van der Waals surface area contributed by atoms with Crippen LogP contribution < -0.4 is 10.5 Å². The van der Waals surface area contributed by atoms with Crippen LogP contribution in [-0.2, 0) is 0 Å². The smallest absolute Gasteiger partial charge is 0.183 e. The summed E-state index contributed by atoms with van der Waals surface area (Å²) in [4.78, 5) is 0. The fourth-order valence-corrected chi connectivity index (χ4v) is 1.56. The molecule has 2 rings (SSSR count). The number of benzene rings is 1. The monoisotopic (exact) mass is 241 g/mol. The van der Waals surface area contributed by atoms with Crippen LogP contribution in [0.25, 0.3) is 11.3 Å². The lowest BCUT2D eigenvalue weighted by Crippen LogP contribution is -1.90. The molecule has 0 aliphatic carbocycles. The molecule has 84 valence electrons. The zero-order valence-electron chi connectivity index (χ0n) is 8.42. The molecule has 0 amide bonds. The topological polar surface area (TPSA) is 63.9 Å². The lowest BCUT2D eigenvalue weighted by atomic mass is 10.1. The fraction of sp³-hybridized carbons (Fsp3) is 0.100. The number of nitrogens with zero attached hydrogens (tertiary/aromatic N) is 1. The number of halogens is 2. The molecule has 1 heterocycles. The van der Waals surface area contributed by atoms with Gasteiger partial charge in [0.15, 0.2) is 11.6 Å². The van der Waals surface area contributed by atoms with Crippen molar-refractivity contribution in [3.63, 3.8) is 0 Å². The van der Waals surface area contributed by atoms with E-state index in [1.54, 1.807) is 6.07 Å². The predicted molar refractivity (Wildman–Crippen MR) is 60.0 cm³/mol. The minimum Gasteiger partial charge on any atom is -0.494 e. The van der Waals surface area contributed by atoms with Gasteiger partial charge in [-0.1, -0.05) is 11.6 Å². The van der Waals surface area contributed by atoms with Gasteiger partial charge in [-0.3, -0.25) is 5.10 Å². The molecule has 0 aliphatic rings. The lowest BCUT2D eigenvalue weighted by Gasteiger charge is -2.06. The first-order valence-corrected chi connectivity index (χ1v) is 4.84. The van der Waals surface area contributed by atoms with Gasteiger partial charge in [-0.25, -0.2) is 4.39 Å². The number of nitrogens with two attached hydrogens (primary N) is 1. The van der Waals surface area contributed by atoms with Gasteiger partial charge >= 0.3 is 0 Å². The number of hydrogen-bond acceptors (Lipinski definition) is 3. The van der Waals surface area contributed by atoms with Crippen molar-refractivity contribution in [2.75, 3.05) is 12.8 Å². The SMILES string of the molecule is COc1cc(-c2cc(N)n[nH]2)cc(Cl)c1F. The summed E-state index contributed by atoms with van der Waals surface area (Å²) in [6.45, 7) is 0. The van der Waals surface area contributed by atoms with Crippen molar-refractivity contribution in [1.29, 1.82) is 0 Å². The average Bonchev–Trinajstić information content (AvgIpc) is 2.69. The predicted octanol–water partition coefficient (Wildman–Crippen LogP) is 2.46. The molecule has 0 saturated heterocycles. The molecule has 0 aliphatic heterocycles. The first-order chi connectivity index (χ1) is 7.61. The molecular formula is C10H9ClFN3O. The Morgan fingerprint density at radius 1 is 1.44 bits per heavy atom. The van der Waals surface area contributed by atoms with Crippen LogP contribution in [0.4, 0.5) is 10.2 Å². The molecule has 1 aromatic carbocycles. The summed E-state index contributed by atoms with van der Waals surface area (Å²) in [6, 6.07) is 4.63. The third-order valence-electron chi connectivity index (χ3n) is 2.12. The molecule has 16 heavy (non-hydrogen) atoms. The second-order valence-electron chi connectivity index (χ2n) is 3.18. The van der Waals surface area contributed by atoms with Crippen LogP contribution in [0.5, 0.6) is 5.75 Å². The van der Waals surface area contributed by atoms with Crippen LogP contribution >= 0.6 is 11.6 Å². The highest BCUT2D eigenvalue weighted by Gasteiger charge is 2.12. The maximum atomic E-state index is 13.4. The molecule has 0 radical (unpaired) electrons. The first kappa shape index (κ1) is 10.8. The third kappa shape index (κ3) is 1.81. The van der Waals surface area contributed by atoms with Crippen LogP contribution in [0.3, 0.4) is 0 Å². The van der Waals surface area contributed by atoms with E-state index in [2.05, 4.69) is 10.2 Å². The van der Waals surface area contributed by atoms with Gasteiger partial charge in [0.1, 0.15) is 5.82 Å². The molecule has 0 bridgehead atoms. The third-order valence-corrected chi connectivity index (χ3v) is 2.40. The molecular weight excluding hydrogens is 233 g/mol. The number of nitrogen functional groups attached to an aromatic ring is 1. The number of nitrogens with one attached hydrogen (secondary N) is 1. The molecule has 4 nitrogen and oxygen atoms in total. The fourth-order valence-electron chi connectivity index (χ4n) is 1.35. The molecule has 0 atom stereocenters. The van der Waals surface area contributed by atoms with E-state index in [9.17, 15) is 4.39 Å². The van der Waals surface area contributed by atoms with Gasteiger partial charge in [-0.05, 0) is 12.1 Å². The van der Waals surface area contributed by atoms with Crippen LogP contribution in [0.2, 0.25) is 5.02 Å². The van der Waals surface area contributed by atoms with Gasteiger partial charge in [0.05, 0.1) is 17.8 Å². The van der Waals surface area contributed by atoms with Crippen molar-refractivity contribution in [2.24, 2.45) is 0 Å². The summed E-state index contributed by atoms with van der Waals surface area (Å²) in [5.41, 5.74) is 6.78. The van der Waals surface area contributed by atoms with E-state index in [0.717, 1.165) is 0 Å². The van der Waals surface area contributed by atoms with E-state index in [-0.39, 0.29) is 10.8 Å². The van der Waals surface area contributed by atoms with Gasteiger partial charge in [-0.15, -0.1) is 0 Å². The Kier molecular flexibility index (Phi) is 2.70. The summed E-state index contributed by atoms with van der Waals surface area (Å²) in [5, 5.41) is 6.47. The van der Waals surface area contributed by atoms with Crippen LogP contribution in [0.15, 0.2) is 18.2 Å². The normalized spacial score (nSPS) is 10.4. The van der Waals surface area contributed by atoms with Crippen LogP contribution in [-0.4, -0.2) is 17.3 Å². The average molecular weight is 242 g/mol. The highest BCUT2D eigenvalue weighted by molar-refractivity contribution is 6.31. The van der Waals surface area contributed by atoms with Crippen molar-refractivity contribution in [1.82, 2.24) is 10.2 Å². The molecule has 6 heteroatoms. The number of methoxy groups -OCH3 is 1. The second kappa shape index (κ2) is 4.02. The van der Waals surface area contributed by atoms with Gasteiger partial charge in [0, 0.05) is 11.6 Å². The van der Waals surface area contributed by atoms with Gasteiger partial charge in [0.2, 0.25) is 0 Å². The largest absolute Gasteiger partial charge is 0.494 e. The van der Waals surface area contributed by atoms with E-state index in [4.69, 9.17) is 22.1 Å². The van der Waals surface area contributed by atoms with E-state index < -0.39 is 5.82 Å². The molecule has 2 aromatic rings. The lowest BCUT2D eigenvalue weighted by molar-refractivity contribution is 0.387. The van der Waals surface area contributed by atoms with E-state index in [1.165, 1.54) is 19.2 Å². The van der Waals surface area contributed by atoms with Crippen LogP contribution in [0.1, 0.15) is 0 Å². The van der Waals surface area contributed by atoms with Crippen molar-refractivity contribution in [2.45, 2.75) is 0 Å². The van der Waals surface area contributed by atoms with E-state index >= 15 is 0 Å². The van der Waals surface area contributed by atoms with Gasteiger partial charge < -0.3 is 10.5 Å². The Morgan fingerprint density at radius 3 is 2.75 bits per heavy atom. The molecule has 0 unspecified atom stereocenters. The highest BCUT2D eigenvalue weighted by Crippen LogP contribution is 2.31. The molecule has 0 fully saturated rings. The zero-order chi connectivity index (χ0) is 11.7. The number of hydrogen-bond donors (Lipinski definition) is 2. The summed E-state index contributed by atoms with van der Waals surface area (Å²) in [6.07, 6.45) is 0. The Hall–Kier alpha value is -1.75. The Bertz CT molecular complexity index is 527. The van der Waals surface area contributed by atoms with Gasteiger partial charge in [-0.2, -0.15) is 5.10 Å². The van der Waals surface area contributed by atoms with E-state index in [0.29, 0.717) is 17.1 Å². The molecule has 0 spiro atoms. The number of H-pyrrole nitrogens is 1. The maximum absolute atomic E-state index is 13.4. The summed E-state index contributed by atoms with van der Waals surface area (Å²) >= 11 is 5.73. The standard InChI is InChI=1S/C10H9ClFN3O/c1-16-8-3-5(2-6(11)10(8)12)7-4-9(13)15-14-7/h2-4H,1H3,(H3,13,14,15). The van der Waals surface area contributed by atoms with Crippen LogP contribution in [0, 0.1) is 5.82 Å². The first-order valence-electron chi connectivity index (χ1n) is 4.46. The van der Waals surface area contributed by atoms with Gasteiger partial charge in [0.25, 0.3) is 0 Å². The number of aromatic amines is 1. The Morgan fingerprint density at radius 2 is 2.19 bits per heavy atom. The molecule has 3 N–H and O–H groups in total. The Labute approximate surface area is 96.2 Å². The second-order valence-corrected chi connectivity index (χ2v) is 3.59. The number of ether oxygens (including phenoxy) is 1. The Balaban J connectivity index is 2.54. The highest BCUT2D eigenvalue weighted by atomic mass is 35.5. The van der Waals surface area contributed by atoms with Crippen molar-refractivity contribution >= 4 is 17.4 Å². The minimum atomic E-state index is -0.583. The summed E-state index contributed by atoms with van der Waals surface area (Å²) < 4.78 is 18.3. The summed E-state index contributed by atoms with van der Waals surface area (Å²) in [7, 11) is 1.37. The minimum absolute atomic E-state index is 0.0116. The number of aromatic nitrogens is 2. The van der Waals surface area contributed by atoms with Crippen molar-refractivity contribution < 1.29 is 9.13 Å². The van der Waals surface area contributed by atoms with Crippen molar-refractivity contribution in [3.8, 4) is 17.0 Å². The van der Waals surface area contributed by atoms with Crippen molar-refractivity contribution in [3.05, 3.63) is 29.0 Å². The zero-order valence-corrected chi connectivity index (χ0v) is 9.18. The number of anilines is 1. The molecule has 0 saturated carbocycles. The molecule has 1 aromatic heterocycles. The quantitative estimate of drug-likeness (QED) is 0.849. The summed E-state index contributed by atoms with van der Waals surface area (Å²) in [5.74, 6) is -0.148. The van der Waals surface area contributed by atoms with E-state index in [1.807, 2.05) is 0 Å². The number of rotatable bonds is 2. The maximum Gasteiger partial charge on any atom is 0.183 e.